The Morgan fingerprint density at radius 1 is 1.00 bits per heavy atom. The van der Waals surface area contributed by atoms with Gasteiger partial charge < -0.3 is 14.8 Å². The highest BCUT2D eigenvalue weighted by atomic mass is 35.5. The van der Waals surface area contributed by atoms with Gasteiger partial charge in [0.15, 0.2) is 0 Å². The zero-order valence-corrected chi connectivity index (χ0v) is 15.0. The third-order valence-corrected chi connectivity index (χ3v) is 4.03. The standard InChI is InChI=1S/C21H18ClNO3/c1-25-20-12-7-15(21(24)23-18-5-3-2-4-6-18)13-16(20)14-26-19-10-8-17(22)9-11-19/h2-13H,14H2,1H3,(H,23,24). The van der Waals surface area contributed by atoms with E-state index in [0.29, 0.717) is 22.1 Å². The van der Waals surface area contributed by atoms with Gasteiger partial charge in [0.05, 0.1) is 7.11 Å². The maximum Gasteiger partial charge on any atom is 0.255 e. The molecule has 0 aliphatic heterocycles. The number of nitrogens with one attached hydrogen (secondary N) is 1. The van der Waals surface area contributed by atoms with Gasteiger partial charge in [-0.2, -0.15) is 0 Å². The molecule has 0 bridgehead atoms. The van der Waals surface area contributed by atoms with Gasteiger partial charge in [0.2, 0.25) is 0 Å². The Labute approximate surface area is 157 Å². The summed E-state index contributed by atoms with van der Waals surface area (Å²) in [5.74, 6) is 1.16. The van der Waals surface area contributed by atoms with E-state index in [9.17, 15) is 4.79 Å². The lowest BCUT2D eigenvalue weighted by Crippen LogP contribution is -2.12. The Balaban J connectivity index is 1.75. The second kappa shape index (κ2) is 8.41. The molecule has 0 aliphatic carbocycles. The van der Waals surface area contributed by atoms with E-state index in [2.05, 4.69) is 5.32 Å². The summed E-state index contributed by atoms with van der Waals surface area (Å²) >= 11 is 5.88. The van der Waals surface area contributed by atoms with Gasteiger partial charge in [-0.25, -0.2) is 0 Å². The molecule has 0 saturated heterocycles. The molecule has 0 radical (unpaired) electrons. The summed E-state index contributed by atoms with van der Waals surface area (Å²) < 4.78 is 11.1. The predicted molar refractivity (Wildman–Crippen MR) is 103 cm³/mol. The lowest BCUT2D eigenvalue weighted by molar-refractivity contribution is 0.102. The zero-order chi connectivity index (χ0) is 18.4. The molecule has 3 rings (SSSR count). The van der Waals surface area contributed by atoms with Gasteiger partial charge >= 0.3 is 0 Å². The van der Waals surface area contributed by atoms with Gasteiger partial charge in [0, 0.05) is 21.8 Å². The molecule has 0 saturated carbocycles. The van der Waals surface area contributed by atoms with Crippen LogP contribution in [0.4, 0.5) is 5.69 Å². The van der Waals surface area contributed by atoms with Crippen LogP contribution in [0, 0.1) is 0 Å². The van der Waals surface area contributed by atoms with Crippen molar-refractivity contribution in [1.82, 2.24) is 0 Å². The first-order valence-electron chi connectivity index (χ1n) is 8.07. The summed E-state index contributed by atoms with van der Waals surface area (Å²) in [6.07, 6.45) is 0. The van der Waals surface area contributed by atoms with Crippen molar-refractivity contribution < 1.29 is 14.3 Å². The number of carbonyl (C=O) groups excluding carboxylic acids is 1. The van der Waals surface area contributed by atoms with Crippen LogP contribution < -0.4 is 14.8 Å². The van der Waals surface area contributed by atoms with E-state index in [1.807, 2.05) is 30.3 Å². The molecule has 3 aromatic carbocycles. The monoisotopic (exact) mass is 367 g/mol. The third-order valence-electron chi connectivity index (χ3n) is 3.78. The molecule has 0 aromatic heterocycles. The fraction of sp³-hybridized carbons (Fsp3) is 0.0952. The minimum Gasteiger partial charge on any atom is -0.496 e. The van der Waals surface area contributed by atoms with Crippen LogP contribution in [-0.4, -0.2) is 13.0 Å². The van der Waals surface area contributed by atoms with Crippen molar-refractivity contribution in [3.8, 4) is 11.5 Å². The number of benzene rings is 3. The number of amides is 1. The van der Waals surface area contributed by atoms with Gasteiger partial charge in [-0.15, -0.1) is 0 Å². The Kier molecular flexibility index (Phi) is 5.77. The van der Waals surface area contributed by atoms with Crippen LogP contribution in [-0.2, 0) is 6.61 Å². The van der Waals surface area contributed by atoms with Crippen LogP contribution in [0.5, 0.6) is 11.5 Å². The quantitative estimate of drug-likeness (QED) is 0.653. The van der Waals surface area contributed by atoms with E-state index in [0.717, 1.165) is 11.3 Å². The van der Waals surface area contributed by atoms with Crippen molar-refractivity contribution in [3.05, 3.63) is 88.9 Å². The van der Waals surface area contributed by atoms with E-state index in [4.69, 9.17) is 21.1 Å². The molecule has 0 unspecified atom stereocenters. The second-order valence-electron chi connectivity index (χ2n) is 5.59. The minimum atomic E-state index is -0.188. The summed E-state index contributed by atoms with van der Waals surface area (Å²) in [6, 6.07) is 21.7. The largest absolute Gasteiger partial charge is 0.496 e. The van der Waals surface area contributed by atoms with Crippen LogP contribution in [0.1, 0.15) is 15.9 Å². The summed E-state index contributed by atoms with van der Waals surface area (Å²) in [7, 11) is 1.59. The lowest BCUT2D eigenvalue weighted by atomic mass is 10.1. The van der Waals surface area contributed by atoms with Crippen LogP contribution in [0.2, 0.25) is 5.02 Å². The normalized spacial score (nSPS) is 10.2. The molecule has 26 heavy (non-hydrogen) atoms. The maximum absolute atomic E-state index is 12.5. The lowest BCUT2D eigenvalue weighted by Gasteiger charge is -2.12. The van der Waals surface area contributed by atoms with Gasteiger partial charge in [0.25, 0.3) is 5.91 Å². The molecule has 1 N–H and O–H groups in total. The van der Waals surface area contributed by atoms with Crippen molar-refractivity contribution >= 4 is 23.2 Å². The molecule has 0 heterocycles. The van der Waals surface area contributed by atoms with Crippen LogP contribution >= 0.6 is 11.6 Å². The van der Waals surface area contributed by atoms with Gasteiger partial charge in [-0.3, -0.25) is 4.79 Å². The smallest absolute Gasteiger partial charge is 0.255 e. The van der Waals surface area contributed by atoms with Crippen LogP contribution in [0.25, 0.3) is 0 Å². The van der Waals surface area contributed by atoms with E-state index in [1.165, 1.54) is 0 Å². The summed E-state index contributed by atoms with van der Waals surface area (Å²) in [4.78, 5) is 12.5. The number of ether oxygens (including phenoxy) is 2. The Bertz CT molecular complexity index is 880. The van der Waals surface area contributed by atoms with Crippen LogP contribution in [0.15, 0.2) is 72.8 Å². The number of para-hydroxylation sites is 1. The topological polar surface area (TPSA) is 47.6 Å². The van der Waals surface area contributed by atoms with Crippen molar-refractivity contribution in [3.63, 3.8) is 0 Å². The molecule has 0 spiro atoms. The number of anilines is 1. The number of methoxy groups -OCH3 is 1. The fourth-order valence-corrected chi connectivity index (χ4v) is 2.58. The fourth-order valence-electron chi connectivity index (χ4n) is 2.45. The summed E-state index contributed by atoms with van der Waals surface area (Å²) in [5, 5.41) is 3.52. The van der Waals surface area contributed by atoms with Gasteiger partial charge in [-0.05, 0) is 54.6 Å². The average molecular weight is 368 g/mol. The number of hydrogen-bond donors (Lipinski definition) is 1. The molecule has 4 nitrogen and oxygen atoms in total. The summed E-state index contributed by atoms with van der Waals surface area (Å²) in [6.45, 7) is 0.275. The minimum absolute atomic E-state index is 0.188. The molecule has 5 heteroatoms. The van der Waals surface area contributed by atoms with E-state index < -0.39 is 0 Å². The van der Waals surface area contributed by atoms with E-state index >= 15 is 0 Å². The highest BCUT2D eigenvalue weighted by Crippen LogP contribution is 2.23. The molecule has 132 valence electrons. The molecular formula is C21H18ClNO3. The highest BCUT2D eigenvalue weighted by molar-refractivity contribution is 6.30. The second-order valence-corrected chi connectivity index (χ2v) is 6.03. The Hall–Kier alpha value is -2.98. The molecular weight excluding hydrogens is 350 g/mol. The number of rotatable bonds is 6. The van der Waals surface area contributed by atoms with Crippen molar-refractivity contribution in [2.45, 2.75) is 6.61 Å². The van der Waals surface area contributed by atoms with Gasteiger partial charge in [-0.1, -0.05) is 29.8 Å². The molecule has 0 fully saturated rings. The Morgan fingerprint density at radius 3 is 2.42 bits per heavy atom. The number of halogens is 1. The first-order valence-corrected chi connectivity index (χ1v) is 8.45. The predicted octanol–water partition coefficient (Wildman–Crippen LogP) is 5.18. The zero-order valence-electron chi connectivity index (χ0n) is 14.2. The average Bonchev–Trinajstić information content (AvgIpc) is 2.68. The number of carbonyl (C=O) groups is 1. The summed E-state index contributed by atoms with van der Waals surface area (Å²) in [5.41, 5.74) is 2.06. The maximum atomic E-state index is 12.5. The SMILES string of the molecule is COc1ccc(C(=O)Nc2ccccc2)cc1COc1ccc(Cl)cc1. The highest BCUT2D eigenvalue weighted by Gasteiger charge is 2.11. The molecule has 0 atom stereocenters. The van der Waals surface area contributed by atoms with E-state index in [1.54, 1.807) is 49.6 Å². The molecule has 1 amide bonds. The number of hydrogen-bond acceptors (Lipinski definition) is 3. The molecule has 0 aliphatic rings. The van der Waals surface area contributed by atoms with Crippen molar-refractivity contribution in [2.24, 2.45) is 0 Å². The van der Waals surface area contributed by atoms with Gasteiger partial charge in [0.1, 0.15) is 18.1 Å². The van der Waals surface area contributed by atoms with Crippen molar-refractivity contribution in [1.29, 1.82) is 0 Å². The Morgan fingerprint density at radius 2 is 1.73 bits per heavy atom. The van der Waals surface area contributed by atoms with Crippen molar-refractivity contribution in [2.75, 3.05) is 12.4 Å². The van der Waals surface area contributed by atoms with Crippen LogP contribution in [0.3, 0.4) is 0 Å². The first-order chi connectivity index (χ1) is 12.7. The van der Waals surface area contributed by atoms with E-state index in [-0.39, 0.29) is 12.5 Å². The first kappa shape index (κ1) is 17.8. The molecule has 3 aromatic rings. The third kappa shape index (κ3) is 4.55.